The third kappa shape index (κ3) is 3.99. The summed E-state index contributed by atoms with van der Waals surface area (Å²) in [5, 5.41) is 2.99. The molecular formula is C26H28N2O2. The molecule has 0 bridgehead atoms. The largest absolute Gasteiger partial charge is 0.368 e. The lowest BCUT2D eigenvalue weighted by molar-refractivity contribution is -0.130. The summed E-state index contributed by atoms with van der Waals surface area (Å²) < 4.78 is 0. The van der Waals surface area contributed by atoms with Crippen LogP contribution in [0.3, 0.4) is 0 Å². The third-order valence-electron chi connectivity index (χ3n) is 5.77. The van der Waals surface area contributed by atoms with Gasteiger partial charge in [-0.3, -0.25) is 9.59 Å². The molecule has 0 spiro atoms. The second-order valence-electron chi connectivity index (χ2n) is 7.59. The Morgan fingerprint density at radius 3 is 1.47 bits per heavy atom. The Kier molecular flexibility index (Phi) is 6.68. The second-order valence-corrected chi connectivity index (χ2v) is 7.59. The summed E-state index contributed by atoms with van der Waals surface area (Å²) in [5.74, 6) is -0.873. The molecule has 2 atom stereocenters. The van der Waals surface area contributed by atoms with E-state index in [-0.39, 0.29) is 11.8 Å². The summed E-state index contributed by atoms with van der Waals surface area (Å²) in [5.41, 5.74) is 7.03. The number of hydrogen-bond donors (Lipinski definition) is 2. The third-order valence-corrected chi connectivity index (χ3v) is 5.77. The molecule has 0 aliphatic carbocycles. The molecule has 4 heteroatoms. The number of amides is 2. The van der Waals surface area contributed by atoms with Crippen molar-refractivity contribution in [1.29, 1.82) is 0 Å². The number of benzene rings is 3. The quantitative estimate of drug-likeness (QED) is 0.560. The van der Waals surface area contributed by atoms with E-state index in [9.17, 15) is 9.59 Å². The number of carbonyl (C=O) groups is 2. The Hall–Kier alpha value is -3.40. The standard InChI is InChI=1S/C26H28N2O2/c1-3-19(2)23(24(27)29)28-25(30)26(20-13-7-4-8-14-20,21-15-9-5-10-16-21)22-17-11-6-12-18-22/h4-19,23H,3H2,1-2H3,(H2,27,29)(H,28,30)/t19-,23-/m1/s1. The maximum absolute atomic E-state index is 14.1. The van der Waals surface area contributed by atoms with E-state index in [0.717, 1.165) is 23.1 Å². The average molecular weight is 401 g/mol. The molecule has 0 radical (unpaired) electrons. The summed E-state index contributed by atoms with van der Waals surface area (Å²) in [6, 6.07) is 28.2. The van der Waals surface area contributed by atoms with Gasteiger partial charge in [0.15, 0.2) is 0 Å². The number of hydrogen-bond acceptors (Lipinski definition) is 2. The van der Waals surface area contributed by atoms with Crippen LogP contribution < -0.4 is 11.1 Å². The zero-order valence-corrected chi connectivity index (χ0v) is 17.4. The van der Waals surface area contributed by atoms with Crippen molar-refractivity contribution in [3.05, 3.63) is 108 Å². The number of primary amides is 1. The second kappa shape index (κ2) is 9.40. The first-order valence-electron chi connectivity index (χ1n) is 10.3. The molecular weight excluding hydrogens is 372 g/mol. The predicted octanol–water partition coefficient (Wildman–Crippen LogP) is 4.04. The fourth-order valence-corrected chi connectivity index (χ4v) is 3.94. The molecule has 0 unspecified atom stereocenters. The van der Waals surface area contributed by atoms with Gasteiger partial charge in [-0.15, -0.1) is 0 Å². The van der Waals surface area contributed by atoms with Gasteiger partial charge in [0.2, 0.25) is 11.8 Å². The average Bonchev–Trinajstić information content (AvgIpc) is 2.79. The van der Waals surface area contributed by atoms with Crippen LogP contribution in [-0.2, 0) is 15.0 Å². The van der Waals surface area contributed by atoms with E-state index < -0.39 is 17.4 Å². The minimum Gasteiger partial charge on any atom is -0.368 e. The summed E-state index contributed by atoms with van der Waals surface area (Å²) in [6.45, 7) is 3.90. The lowest BCUT2D eigenvalue weighted by Crippen LogP contribution is -2.55. The molecule has 30 heavy (non-hydrogen) atoms. The van der Waals surface area contributed by atoms with Crippen molar-refractivity contribution in [2.45, 2.75) is 31.7 Å². The highest BCUT2D eigenvalue weighted by Crippen LogP contribution is 2.39. The molecule has 3 N–H and O–H groups in total. The molecule has 4 nitrogen and oxygen atoms in total. The minimum absolute atomic E-state index is 0.0773. The predicted molar refractivity (Wildman–Crippen MR) is 120 cm³/mol. The van der Waals surface area contributed by atoms with Gasteiger partial charge in [-0.05, 0) is 22.6 Å². The van der Waals surface area contributed by atoms with Gasteiger partial charge in [-0.25, -0.2) is 0 Å². The molecule has 3 aromatic rings. The van der Waals surface area contributed by atoms with Gasteiger partial charge in [0, 0.05) is 0 Å². The van der Waals surface area contributed by atoms with Gasteiger partial charge in [0.05, 0.1) is 0 Å². The van der Waals surface area contributed by atoms with Crippen molar-refractivity contribution in [1.82, 2.24) is 5.32 Å². The zero-order valence-electron chi connectivity index (χ0n) is 17.4. The highest BCUT2D eigenvalue weighted by Gasteiger charge is 2.45. The molecule has 2 amide bonds. The van der Waals surface area contributed by atoms with Crippen LogP contribution in [0.5, 0.6) is 0 Å². The Balaban J connectivity index is 2.26. The lowest BCUT2D eigenvalue weighted by Gasteiger charge is -2.36. The molecule has 0 aliphatic heterocycles. The normalized spacial score (nSPS) is 13.3. The fraction of sp³-hybridized carbons (Fsp3) is 0.231. The molecule has 3 aromatic carbocycles. The van der Waals surface area contributed by atoms with E-state index in [2.05, 4.69) is 5.32 Å². The highest BCUT2D eigenvalue weighted by molar-refractivity contribution is 5.98. The lowest BCUT2D eigenvalue weighted by atomic mass is 9.68. The maximum atomic E-state index is 14.1. The van der Waals surface area contributed by atoms with E-state index in [4.69, 9.17) is 5.73 Å². The molecule has 0 saturated carbocycles. The van der Waals surface area contributed by atoms with Crippen LogP contribution in [0.1, 0.15) is 37.0 Å². The van der Waals surface area contributed by atoms with Crippen molar-refractivity contribution >= 4 is 11.8 Å². The summed E-state index contributed by atoms with van der Waals surface area (Å²) >= 11 is 0. The number of carbonyl (C=O) groups excluding carboxylic acids is 2. The van der Waals surface area contributed by atoms with E-state index in [1.54, 1.807) is 0 Å². The molecule has 154 valence electrons. The maximum Gasteiger partial charge on any atom is 0.240 e. The zero-order chi connectivity index (χ0) is 21.6. The monoisotopic (exact) mass is 400 g/mol. The minimum atomic E-state index is -1.12. The highest BCUT2D eigenvalue weighted by atomic mass is 16.2. The van der Waals surface area contributed by atoms with Crippen LogP contribution in [0.25, 0.3) is 0 Å². The smallest absolute Gasteiger partial charge is 0.240 e. The molecule has 3 rings (SSSR count). The van der Waals surface area contributed by atoms with E-state index in [1.165, 1.54) is 0 Å². The van der Waals surface area contributed by atoms with Gasteiger partial charge >= 0.3 is 0 Å². The first-order valence-corrected chi connectivity index (χ1v) is 10.3. The van der Waals surface area contributed by atoms with Gasteiger partial charge in [-0.1, -0.05) is 111 Å². The van der Waals surface area contributed by atoms with E-state index >= 15 is 0 Å². The van der Waals surface area contributed by atoms with Crippen LogP contribution in [0.15, 0.2) is 91.0 Å². The Bertz CT molecular complexity index is 875. The number of nitrogens with two attached hydrogens (primary N) is 1. The van der Waals surface area contributed by atoms with E-state index in [0.29, 0.717) is 0 Å². The Morgan fingerprint density at radius 1 is 0.800 bits per heavy atom. The molecule has 0 heterocycles. The van der Waals surface area contributed by atoms with Crippen molar-refractivity contribution in [3.63, 3.8) is 0 Å². The summed E-state index contributed by atoms with van der Waals surface area (Å²) in [6.07, 6.45) is 0.725. The fourth-order valence-electron chi connectivity index (χ4n) is 3.94. The van der Waals surface area contributed by atoms with Crippen LogP contribution in [0.2, 0.25) is 0 Å². The molecule has 0 aromatic heterocycles. The SMILES string of the molecule is CC[C@@H](C)[C@@H](NC(=O)C(c1ccccc1)(c1ccccc1)c1ccccc1)C(N)=O. The van der Waals surface area contributed by atoms with Gasteiger partial charge in [-0.2, -0.15) is 0 Å². The topological polar surface area (TPSA) is 72.2 Å². The molecule has 0 saturated heterocycles. The van der Waals surface area contributed by atoms with E-state index in [1.807, 2.05) is 105 Å². The van der Waals surface area contributed by atoms with Crippen molar-refractivity contribution in [2.24, 2.45) is 11.7 Å². The molecule has 0 fully saturated rings. The van der Waals surface area contributed by atoms with Gasteiger partial charge < -0.3 is 11.1 Å². The van der Waals surface area contributed by atoms with Crippen LogP contribution in [-0.4, -0.2) is 17.9 Å². The summed E-state index contributed by atoms with van der Waals surface area (Å²) in [7, 11) is 0. The van der Waals surface area contributed by atoms with Crippen LogP contribution in [0, 0.1) is 5.92 Å². The Labute approximate surface area is 178 Å². The number of rotatable bonds is 8. The van der Waals surface area contributed by atoms with Crippen molar-refractivity contribution in [2.75, 3.05) is 0 Å². The van der Waals surface area contributed by atoms with Crippen LogP contribution >= 0.6 is 0 Å². The van der Waals surface area contributed by atoms with Gasteiger partial charge in [0.1, 0.15) is 11.5 Å². The molecule has 0 aliphatic rings. The Morgan fingerprint density at radius 2 is 1.17 bits per heavy atom. The van der Waals surface area contributed by atoms with Crippen molar-refractivity contribution < 1.29 is 9.59 Å². The van der Waals surface area contributed by atoms with Crippen LogP contribution in [0.4, 0.5) is 0 Å². The van der Waals surface area contributed by atoms with Gasteiger partial charge in [0.25, 0.3) is 0 Å². The first kappa shape index (κ1) is 21.3. The summed E-state index contributed by atoms with van der Waals surface area (Å²) in [4.78, 5) is 26.3. The van der Waals surface area contributed by atoms with Crippen molar-refractivity contribution in [3.8, 4) is 0 Å². The first-order chi connectivity index (χ1) is 14.5. The number of nitrogens with one attached hydrogen (secondary N) is 1.